The molecule has 0 radical (unpaired) electrons. The highest BCUT2D eigenvalue weighted by atomic mass is 15.3. The van der Waals surface area contributed by atoms with E-state index in [-0.39, 0.29) is 0 Å². The Kier molecular flexibility index (Phi) is 3.19. The van der Waals surface area contributed by atoms with E-state index in [1.807, 2.05) is 6.07 Å². The molecule has 4 nitrogen and oxygen atoms in total. The Hall–Kier alpha value is -1.55. The number of anilines is 1. The Bertz CT molecular complexity index is 575. The zero-order chi connectivity index (χ0) is 13.4. The monoisotopic (exact) mass is 258 g/mol. The number of imidazole rings is 1. The van der Waals surface area contributed by atoms with Crippen LogP contribution in [0.4, 0.5) is 5.95 Å². The number of para-hydroxylation sites is 2. The molecule has 4 heteroatoms. The van der Waals surface area contributed by atoms with Crippen molar-refractivity contribution >= 4 is 17.0 Å². The first-order valence-corrected chi connectivity index (χ1v) is 7.06. The summed E-state index contributed by atoms with van der Waals surface area (Å²) >= 11 is 0. The van der Waals surface area contributed by atoms with Crippen LogP contribution < -0.4 is 10.6 Å². The average molecular weight is 258 g/mol. The zero-order valence-electron chi connectivity index (χ0n) is 11.7. The molecule has 1 aliphatic rings. The van der Waals surface area contributed by atoms with E-state index in [4.69, 9.17) is 10.7 Å². The molecule has 1 aromatic heterocycles. The molecule has 0 bridgehead atoms. The SMILES string of the molecule is CN(c1nc2ccccc2n1C)C1CCCC1CN. The number of aromatic nitrogens is 2. The maximum Gasteiger partial charge on any atom is 0.206 e. The predicted molar refractivity (Wildman–Crippen MR) is 79.3 cm³/mol. The third kappa shape index (κ3) is 2.00. The zero-order valence-corrected chi connectivity index (χ0v) is 11.7. The molecule has 1 saturated carbocycles. The van der Waals surface area contributed by atoms with E-state index in [0.717, 1.165) is 18.0 Å². The summed E-state index contributed by atoms with van der Waals surface area (Å²) in [4.78, 5) is 7.10. The molecule has 1 heterocycles. The minimum atomic E-state index is 0.528. The molecule has 1 aromatic carbocycles. The van der Waals surface area contributed by atoms with Gasteiger partial charge >= 0.3 is 0 Å². The number of rotatable bonds is 3. The van der Waals surface area contributed by atoms with E-state index in [9.17, 15) is 0 Å². The van der Waals surface area contributed by atoms with Crippen molar-refractivity contribution in [2.24, 2.45) is 18.7 Å². The molecule has 0 saturated heterocycles. The molecule has 102 valence electrons. The molecule has 0 aliphatic heterocycles. The Morgan fingerprint density at radius 2 is 2.16 bits per heavy atom. The fourth-order valence-corrected chi connectivity index (χ4v) is 3.40. The van der Waals surface area contributed by atoms with E-state index < -0.39 is 0 Å². The van der Waals surface area contributed by atoms with Gasteiger partial charge in [0, 0.05) is 20.1 Å². The van der Waals surface area contributed by atoms with Crippen molar-refractivity contribution in [3.63, 3.8) is 0 Å². The quantitative estimate of drug-likeness (QED) is 0.917. The van der Waals surface area contributed by atoms with Gasteiger partial charge in [-0.15, -0.1) is 0 Å². The van der Waals surface area contributed by atoms with Crippen molar-refractivity contribution in [1.82, 2.24) is 9.55 Å². The minimum absolute atomic E-state index is 0.528. The van der Waals surface area contributed by atoms with Crippen LogP contribution in [-0.4, -0.2) is 29.2 Å². The largest absolute Gasteiger partial charge is 0.342 e. The van der Waals surface area contributed by atoms with Crippen LogP contribution in [0.5, 0.6) is 0 Å². The Labute approximate surface area is 114 Å². The second-order valence-corrected chi connectivity index (χ2v) is 5.56. The Morgan fingerprint density at radius 3 is 2.89 bits per heavy atom. The van der Waals surface area contributed by atoms with Gasteiger partial charge in [-0.05, 0) is 37.4 Å². The van der Waals surface area contributed by atoms with Crippen LogP contribution >= 0.6 is 0 Å². The lowest BCUT2D eigenvalue weighted by Gasteiger charge is -2.29. The van der Waals surface area contributed by atoms with Crippen molar-refractivity contribution in [3.05, 3.63) is 24.3 Å². The maximum atomic E-state index is 5.90. The lowest BCUT2D eigenvalue weighted by Crippen LogP contribution is -2.39. The molecule has 0 spiro atoms. The second kappa shape index (κ2) is 4.85. The van der Waals surface area contributed by atoms with Crippen LogP contribution in [0.15, 0.2) is 24.3 Å². The van der Waals surface area contributed by atoms with Crippen molar-refractivity contribution in [1.29, 1.82) is 0 Å². The summed E-state index contributed by atoms with van der Waals surface area (Å²) in [6, 6.07) is 8.82. The van der Waals surface area contributed by atoms with Gasteiger partial charge in [-0.25, -0.2) is 4.98 Å². The molecule has 3 rings (SSSR count). The molecule has 2 unspecified atom stereocenters. The smallest absolute Gasteiger partial charge is 0.206 e. The third-order valence-corrected chi connectivity index (χ3v) is 4.50. The van der Waals surface area contributed by atoms with Gasteiger partial charge in [0.15, 0.2) is 0 Å². The van der Waals surface area contributed by atoms with Crippen molar-refractivity contribution in [2.45, 2.75) is 25.3 Å². The predicted octanol–water partition coefficient (Wildman–Crippen LogP) is 2.14. The van der Waals surface area contributed by atoms with Gasteiger partial charge in [-0.1, -0.05) is 18.6 Å². The lowest BCUT2D eigenvalue weighted by atomic mass is 10.0. The third-order valence-electron chi connectivity index (χ3n) is 4.50. The van der Waals surface area contributed by atoms with Crippen molar-refractivity contribution in [2.75, 3.05) is 18.5 Å². The van der Waals surface area contributed by atoms with Gasteiger partial charge in [0.25, 0.3) is 0 Å². The summed E-state index contributed by atoms with van der Waals surface area (Å²) in [5.74, 6) is 1.65. The molecule has 2 N–H and O–H groups in total. The van der Waals surface area contributed by atoms with Gasteiger partial charge in [0.2, 0.25) is 5.95 Å². The van der Waals surface area contributed by atoms with Gasteiger partial charge in [-0.3, -0.25) is 0 Å². The van der Waals surface area contributed by atoms with Crippen LogP contribution in [0.3, 0.4) is 0 Å². The normalized spacial score (nSPS) is 23.1. The van der Waals surface area contributed by atoms with E-state index in [1.54, 1.807) is 0 Å². The average Bonchev–Trinajstić information content (AvgIpc) is 3.03. The first kappa shape index (κ1) is 12.5. The summed E-state index contributed by atoms with van der Waals surface area (Å²) in [5.41, 5.74) is 8.15. The number of nitrogens with zero attached hydrogens (tertiary/aromatic N) is 3. The Morgan fingerprint density at radius 1 is 1.37 bits per heavy atom. The summed E-state index contributed by atoms with van der Waals surface area (Å²) in [6.07, 6.45) is 3.75. The molecule has 1 aliphatic carbocycles. The number of fused-ring (bicyclic) bond motifs is 1. The fraction of sp³-hybridized carbons (Fsp3) is 0.533. The number of benzene rings is 1. The fourth-order valence-electron chi connectivity index (χ4n) is 3.40. The Balaban J connectivity index is 1.97. The van der Waals surface area contributed by atoms with Crippen LogP contribution in [0.25, 0.3) is 11.0 Å². The van der Waals surface area contributed by atoms with Crippen LogP contribution in [0.1, 0.15) is 19.3 Å². The highest BCUT2D eigenvalue weighted by Crippen LogP contribution is 2.32. The highest BCUT2D eigenvalue weighted by Gasteiger charge is 2.31. The number of hydrogen-bond acceptors (Lipinski definition) is 3. The van der Waals surface area contributed by atoms with E-state index in [1.165, 1.54) is 24.8 Å². The van der Waals surface area contributed by atoms with E-state index in [2.05, 4.69) is 41.8 Å². The number of hydrogen-bond donors (Lipinski definition) is 1. The summed E-state index contributed by atoms with van der Waals surface area (Å²) < 4.78 is 2.18. The second-order valence-electron chi connectivity index (χ2n) is 5.56. The molecule has 0 amide bonds. The van der Waals surface area contributed by atoms with Crippen LogP contribution in [-0.2, 0) is 7.05 Å². The van der Waals surface area contributed by atoms with Crippen molar-refractivity contribution < 1.29 is 0 Å². The van der Waals surface area contributed by atoms with Gasteiger partial charge in [-0.2, -0.15) is 0 Å². The van der Waals surface area contributed by atoms with Gasteiger partial charge in [0.05, 0.1) is 11.0 Å². The highest BCUT2D eigenvalue weighted by molar-refractivity contribution is 5.78. The number of nitrogens with two attached hydrogens (primary N) is 1. The summed E-state index contributed by atoms with van der Waals surface area (Å²) in [5, 5.41) is 0. The van der Waals surface area contributed by atoms with Crippen LogP contribution in [0, 0.1) is 5.92 Å². The van der Waals surface area contributed by atoms with Gasteiger partial charge < -0.3 is 15.2 Å². The minimum Gasteiger partial charge on any atom is -0.342 e. The maximum absolute atomic E-state index is 5.90. The number of aryl methyl sites for hydroxylation is 1. The summed E-state index contributed by atoms with van der Waals surface area (Å²) in [6.45, 7) is 0.777. The van der Waals surface area contributed by atoms with E-state index >= 15 is 0 Å². The standard InChI is InChI=1S/C15H22N4/c1-18(13-9-5-6-11(13)10-16)15-17-12-7-3-4-8-14(12)19(15)2/h3-4,7-8,11,13H,5-6,9-10,16H2,1-2H3. The first-order chi connectivity index (χ1) is 9.22. The first-order valence-electron chi connectivity index (χ1n) is 7.06. The lowest BCUT2D eigenvalue weighted by molar-refractivity contribution is 0.467. The van der Waals surface area contributed by atoms with Gasteiger partial charge in [0.1, 0.15) is 0 Å². The molecular formula is C15H22N4. The summed E-state index contributed by atoms with van der Waals surface area (Å²) in [7, 11) is 4.24. The molecule has 19 heavy (non-hydrogen) atoms. The molecule has 1 fully saturated rings. The van der Waals surface area contributed by atoms with Crippen LogP contribution in [0.2, 0.25) is 0 Å². The topological polar surface area (TPSA) is 47.1 Å². The van der Waals surface area contributed by atoms with Crippen molar-refractivity contribution in [3.8, 4) is 0 Å². The molecular weight excluding hydrogens is 236 g/mol. The molecule has 2 atom stereocenters. The van der Waals surface area contributed by atoms with E-state index in [0.29, 0.717) is 12.0 Å². The molecule has 2 aromatic rings.